The first-order chi connectivity index (χ1) is 8.63. The standard InChI is InChI=1S/C15H22N2O/c1-4-5-6-13-15(18)17(3)14(16-13)12-9-7-11(2)8-10-12/h7-10,13-14,16H,4-6H2,1-3H3. The summed E-state index contributed by atoms with van der Waals surface area (Å²) in [5, 5.41) is 3.44. The van der Waals surface area contributed by atoms with Crippen molar-refractivity contribution in [3.05, 3.63) is 35.4 Å². The summed E-state index contributed by atoms with van der Waals surface area (Å²) in [5.74, 6) is 0.217. The highest BCUT2D eigenvalue weighted by atomic mass is 16.2. The van der Waals surface area contributed by atoms with E-state index in [1.165, 1.54) is 5.56 Å². The molecule has 1 saturated heterocycles. The van der Waals surface area contributed by atoms with Gasteiger partial charge in [-0.3, -0.25) is 10.1 Å². The summed E-state index contributed by atoms with van der Waals surface area (Å²) in [7, 11) is 1.88. The third kappa shape index (κ3) is 2.56. The van der Waals surface area contributed by atoms with Crippen molar-refractivity contribution in [1.29, 1.82) is 0 Å². The Hall–Kier alpha value is -1.35. The minimum absolute atomic E-state index is 0.0127. The van der Waals surface area contributed by atoms with Gasteiger partial charge < -0.3 is 4.90 Å². The molecular formula is C15H22N2O. The van der Waals surface area contributed by atoms with Crippen LogP contribution in [0.1, 0.15) is 43.5 Å². The van der Waals surface area contributed by atoms with Gasteiger partial charge in [-0.1, -0.05) is 49.6 Å². The van der Waals surface area contributed by atoms with Gasteiger partial charge in [0.25, 0.3) is 0 Å². The number of benzene rings is 1. The Labute approximate surface area is 109 Å². The van der Waals surface area contributed by atoms with Crippen LogP contribution in [0.2, 0.25) is 0 Å². The summed E-state index contributed by atoms with van der Waals surface area (Å²) in [6, 6.07) is 8.36. The van der Waals surface area contributed by atoms with E-state index in [0.29, 0.717) is 0 Å². The van der Waals surface area contributed by atoms with Crippen molar-refractivity contribution in [1.82, 2.24) is 10.2 Å². The van der Waals surface area contributed by atoms with Gasteiger partial charge in [0.2, 0.25) is 5.91 Å². The van der Waals surface area contributed by atoms with Gasteiger partial charge in [-0.25, -0.2) is 0 Å². The van der Waals surface area contributed by atoms with Gasteiger partial charge in [0.05, 0.1) is 6.04 Å². The van der Waals surface area contributed by atoms with Gasteiger partial charge in [0.1, 0.15) is 6.17 Å². The van der Waals surface area contributed by atoms with Crippen LogP contribution >= 0.6 is 0 Å². The number of nitrogens with zero attached hydrogens (tertiary/aromatic N) is 1. The quantitative estimate of drug-likeness (QED) is 0.885. The first-order valence-electron chi connectivity index (χ1n) is 6.72. The predicted octanol–water partition coefficient (Wildman–Crippen LogP) is 2.61. The summed E-state index contributed by atoms with van der Waals surface area (Å²) in [4.78, 5) is 13.9. The molecule has 18 heavy (non-hydrogen) atoms. The Morgan fingerprint density at radius 3 is 2.56 bits per heavy atom. The Balaban J connectivity index is 2.10. The molecule has 1 aromatic rings. The van der Waals surface area contributed by atoms with E-state index in [-0.39, 0.29) is 18.1 Å². The van der Waals surface area contributed by atoms with Crippen molar-refractivity contribution >= 4 is 5.91 Å². The van der Waals surface area contributed by atoms with Crippen LogP contribution in [-0.4, -0.2) is 23.9 Å². The van der Waals surface area contributed by atoms with Gasteiger partial charge in [0.15, 0.2) is 0 Å². The van der Waals surface area contributed by atoms with Crippen LogP contribution in [0.25, 0.3) is 0 Å². The number of rotatable bonds is 4. The number of hydrogen-bond acceptors (Lipinski definition) is 2. The second kappa shape index (κ2) is 5.53. The first kappa shape index (κ1) is 13.1. The van der Waals surface area contributed by atoms with Crippen LogP contribution < -0.4 is 5.32 Å². The van der Waals surface area contributed by atoms with Crippen molar-refractivity contribution in [2.45, 2.75) is 45.3 Å². The average Bonchev–Trinajstić information content (AvgIpc) is 2.65. The number of unbranched alkanes of at least 4 members (excludes halogenated alkanes) is 1. The molecule has 1 aliphatic rings. The smallest absolute Gasteiger partial charge is 0.241 e. The van der Waals surface area contributed by atoms with Crippen LogP contribution in [0.15, 0.2) is 24.3 Å². The fourth-order valence-electron chi connectivity index (χ4n) is 2.43. The van der Waals surface area contributed by atoms with E-state index < -0.39 is 0 Å². The summed E-state index contributed by atoms with van der Waals surface area (Å²) in [6.07, 6.45) is 3.18. The zero-order valence-corrected chi connectivity index (χ0v) is 11.4. The number of hydrogen-bond donors (Lipinski definition) is 1. The van der Waals surface area contributed by atoms with Crippen LogP contribution in [0, 0.1) is 6.92 Å². The molecule has 3 heteroatoms. The largest absolute Gasteiger partial charge is 0.325 e. The van der Waals surface area contributed by atoms with Gasteiger partial charge in [0, 0.05) is 7.05 Å². The maximum absolute atomic E-state index is 12.1. The van der Waals surface area contributed by atoms with Crippen LogP contribution in [-0.2, 0) is 4.79 Å². The number of nitrogens with one attached hydrogen (secondary N) is 1. The molecule has 2 unspecified atom stereocenters. The van der Waals surface area contributed by atoms with Gasteiger partial charge in [-0.05, 0) is 18.9 Å². The van der Waals surface area contributed by atoms with Crippen molar-refractivity contribution in [3.8, 4) is 0 Å². The molecule has 1 aromatic carbocycles. The number of likely N-dealkylation sites (N-methyl/N-ethyl adjacent to an activating group) is 1. The summed E-state index contributed by atoms with van der Waals surface area (Å²) >= 11 is 0. The number of amides is 1. The van der Waals surface area contributed by atoms with Gasteiger partial charge in [-0.2, -0.15) is 0 Å². The average molecular weight is 246 g/mol. The summed E-state index contributed by atoms with van der Waals surface area (Å²) < 4.78 is 0. The van der Waals surface area contributed by atoms with Crippen LogP contribution in [0.4, 0.5) is 0 Å². The van der Waals surface area contributed by atoms with Gasteiger partial charge >= 0.3 is 0 Å². The molecule has 0 saturated carbocycles. The molecule has 98 valence electrons. The van der Waals surface area contributed by atoms with E-state index in [1.54, 1.807) is 0 Å². The van der Waals surface area contributed by atoms with E-state index in [1.807, 2.05) is 11.9 Å². The van der Waals surface area contributed by atoms with E-state index >= 15 is 0 Å². The third-order valence-corrected chi connectivity index (χ3v) is 3.63. The third-order valence-electron chi connectivity index (χ3n) is 3.63. The number of carbonyl (C=O) groups is 1. The molecule has 1 amide bonds. The van der Waals surface area contributed by atoms with E-state index in [4.69, 9.17) is 0 Å². The van der Waals surface area contributed by atoms with Crippen molar-refractivity contribution in [2.75, 3.05) is 7.05 Å². The molecular weight excluding hydrogens is 224 g/mol. The Morgan fingerprint density at radius 1 is 1.28 bits per heavy atom. The van der Waals surface area contributed by atoms with Crippen molar-refractivity contribution < 1.29 is 4.79 Å². The van der Waals surface area contributed by atoms with Crippen LogP contribution in [0.5, 0.6) is 0 Å². The molecule has 0 aliphatic carbocycles. The molecule has 1 N–H and O–H groups in total. The highest BCUT2D eigenvalue weighted by Gasteiger charge is 2.36. The maximum Gasteiger partial charge on any atom is 0.241 e. The van der Waals surface area contributed by atoms with E-state index in [0.717, 1.165) is 24.8 Å². The second-order valence-corrected chi connectivity index (χ2v) is 5.12. The zero-order chi connectivity index (χ0) is 13.1. The minimum Gasteiger partial charge on any atom is -0.325 e. The lowest BCUT2D eigenvalue weighted by Crippen LogP contribution is -2.28. The monoisotopic (exact) mass is 246 g/mol. The molecule has 2 atom stereocenters. The molecule has 0 spiro atoms. The zero-order valence-electron chi connectivity index (χ0n) is 11.4. The molecule has 0 aromatic heterocycles. The van der Waals surface area contributed by atoms with Crippen molar-refractivity contribution in [3.63, 3.8) is 0 Å². The van der Waals surface area contributed by atoms with Crippen LogP contribution in [0.3, 0.4) is 0 Å². The van der Waals surface area contributed by atoms with E-state index in [9.17, 15) is 4.79 Å². The minimum atomic E-state index is -0.0127. The maximum atomic E-state index is 12.1. The lowest BCUT2D eigenvalue weighted by Gasteiger charge is -2.19. The summed E-state index contributed by atoms with van der Waals surface area (Å²) in [6.45, 7) is 4.23. The molecule has 0 bridgehead atoms. The Morgan fingerprint density at radius 2 is 1.94 bits per heavy atom. The lowest BCUT2D eigenvalue weighted by atomic mass is 10.1. The lowest BCUT2D eigenvalue weighted by molar-refractivity contribution is -0.128. The first-order valence-corrected chi connectivity index (χ1v) is 6.72. The fourth-order valence-corrected chi connectivity index (χ4v) is 2.43. The molecule has 1 fully saturated rings. The molecule has 2 rings (SSSR count). The molecule has 1 aliphatic heterocycles. The number of aryl methyl sites for hydroxylation is 1. The Kier molecular flexibility index (Phi) is 4.02. The SMILES string of the molecule is CCCCC1NC(c2ccc(C)cc2)N(C)C1=O. The predicted molar refractivity (Wildman–Crippen MR) is 73.1 cm³/mol. The van der Waals surface area contributed by atoms with Gasteiger partial charge in [-0.15, -0.1) is 0 Å². The van der Waals surface area contributed by atoms with Crippen molar-refractivity contribution in [2.24, 2.45) is 0 Å². The fraction of sp³-hybridized carbons (Fsp3) is 0.533. The molecule has 0 radical (unpaired) electrons. The highest BCUT2D eigenvalue weighted by molar-refractivity contribution is 5.84. The number of carbonyl (C=O) groups excluding carboxylic acids is 1. The summed E-state index contributed by atoms with van der Waals surface area (Å²) in [5.41, 5.74) is 2.41. The Bertz CT molecular complexity index is 413. The molecule has 3 nitrogen and oxygen atoms in total. The van der Waals surface area contributed by atoms with E-state index in [2.05, 4.69) is 43.4 Å². The molecule has 1 heterocycles. The second-order valence-electron chi connectivity index (χ2n) is 5.12. The normalized spacial score (nSPS) is 23.7. The highest BCUT2D eigenvalue weighted by Crippen LogP contribution is 2.25. The topological polar surface area (TPSA) is 32.3 Å².